The summed E-state index contributed by atoms with van der Waals surface area (Å²) in [6, 6.07) is 0.0874. The Morgan fingerprint density at radius 2 is 1.72 bits per heavy atom. The molecule has 1 saturated carbocycles. The van der Waals surface area contributed by atoms with Gasteiger partial charge in [-0.15, -0.1) is 12.4 Å². The van der Waals surface area contributed by atoms with Crippen LogP contribution >= 0.6 is 12.4 Å². The molecule has 6 rings (SSSR count). The van der Waals surface area contributed by atoms with Gasteiger partial charge in [0.15, 0.2) is 0 Å². The summed E-state index contributed by atoms with van der Waals surface area (Å²) in [5, 5.41) is 0. The first-order valence-electron chi connectivity index (χ1n) is 9.10. The van der Waals surface area contributed by atoms with Crippen molar-refractivity contribution in [1.82, 2.24) is 9.80 Å². The molecule has 5 saturated heterocycles. The third-order valence-corrected chi connectivity index (χ3v) is 6.81. The summed E-state index contributed by atoms with van der Waals surface area (Å²) in [6.45, 7) is 0.592. The van der Waals surface area contributed by atoms with E-state index in [1.165, 1.54) is 4.90 Å². The quantitative estimate of drug-likeness (QED) is 0.687. The number of nitrogens with zero attached hydrogens (tertiary/aromatic N) is 2. The molecule has 0 aromatic carbocycles. The van der Waals surface area contributed by atoms with E-state index in [2.05, 4.69) is 0 Å². The average molecular weight is 370 g/mol. The van der Waals surface area contributed by atoms with Crippen LogP contribution in [-0.4, -0.2) is 64.9 Å². The molecule has 6 aliphatic rings. The van der Waals surface area contributed by atoms with Gasteiger partial charge in [-0.1, -0.05) is 0 Å². The Bertz CT molecular complexity index is 601. The van der Waals surface area contributed by atoms with Crippen LogP contribution in [0.25, 0.3) is 0 Å². The van der Waals surface area contributed by atoms with E-state index < -0.39 is 0 Å². The minimum atomic E-state index is -0.357. The van der Waals surface area contributed by atoms with Crippen molar-refractivity contribution in [3.63, 3.8) is 0 Å². The topological polar surface area (TPSA) is 92.9 Å². The predicted octanol–water partition coefficient (Wildman–Crippen LogP) is -0.0912. The lowest BCUT2D eigenvalue weighted by Crippen LogP contribution is -2.62. The molecule has 7 unspecified atom stereocenters. The minimum Gasteiger partial charge on any atom is -0.373 e. The van der Waals surface area contributed by atoms with E-state index in [9.17, 15) is 14.4 Å². The van der Waals surface area contributed by atoms with Gasteiger partial charge < -0.3 is 15.4 Å². The molecule has 0 radical (unpaired) electrons. The summed E-state index contributed by atoms with van der Waals surface area (Å²) in [5.41, 5.74) is 6.17. The summed E-state index contributed by atoms with van der Waals surface area (Å²) >= 11 is 0. The van der Waals surface area contributed by atoms with Crippen molar-refractivity contribution in [3.8, 4) is 0 Å². The number of halogens is 1. The van der Waals surface area contributed by atoms with Crippen LogP contribution < -0.4 is 5.73 Å². The zero-order valence-corrected chi connectivity index (χ0v) is 14.8. The Balaban J connectivity index is 0.00000157. The maximum Gasteiger partial charge on any atom is 0.243 e. The van der Waals surface area contributed by atoms with Crippen molar-refractivity contribution in [2.75, 3.05) is 13.1 Å². The van der Waals surface area contributed by atoms with Gasteiger partial charge in [0, 0.05) is 18.6 Å². The van der Waals surface area contributed by atoms with E-state index in [4.69, 9.17) is 10.5 Å². The Kier molecular flexibility index (Phi) is 4.09. The lowest BCUT2D eigenvalue weighted by Gasteiger charge is -2.49. The SMILES string of the molecule is Cl.NC1CC2CCC1N(C(=O)CN1C(=O)C3C4CCC(O4)C3C1=O)C2. The number of fused-ring (bicyclic) bond motifs is 8. The zero-order valence-electron chi connectivity index (χ0n) is 14.0. The molecule has 5 heterocycles. The summed E-state index contributed by atoms with van der Waals surface area (Å²) < 4.78 is 5.72. The van der Waals surface area contributed by atoms with Gasteiger partial charge in [0.25, 0.3) is 0 Å². The highest BCUT2D eigenvalue weighted by Crippen LogP contribution is 2.48. The number of likely N-dealkylation sites (tertiary alicyclic amines) is 1. The number of rotatable bonds is 2. The van der Waals surface area contributed by atoms with Crippen LogP contribution in [0.2, 0.25) is 0 Å². The van der Waals surface area contributed by atoms with E-state index in [0.29, 0.717) is 12.5 Å². The van der Waals surface area contributed by atoms with Crippen LogP contribution in [0.3, 0.4) is 0 Å². The van der Waals surface area contributed by atoms with Gasteiger partial charge in [0.2, 0.25) is 17.7 Å². The Hall–Kier alpha value is -1.18. The van der Waals surface area contributed by atoms with Crippen molar-refractivity contribution < 1.29 is 19.1 Å². The number of carbonyl (C=O) groups excluding carboxylic acids is 3. The number of piperidine rings is 2. The first-order chi connectivity index (χ1) is 11.5. The van der Waals surface area contributed by atoms with E-state index in [1.54, 1.807) is 0 Å². The lowest BCUT2D eigenvalue weighted by atomic mass is 9.77. The fraction of sp³-hybridized carbons (Fsp3) is 0.824. The number of carbonyl (C=O) groups is 3. The first kappa shape index (κ1) is 17.2. The number of imide groups is 1. The molecule has 2 N–H and O–H groups in total. The highest BCUT2D eigenvalue weighted by Gasteiger charge is 2.62. The van der Waals surface area contributed by atoms with Crippen LogP contribution in [0.5, 0.6) is 0 Å². The normalized spacial score (nSPS) is 44.3. The first-order valence-corrected chi connectivity index (χ1v) is 9.10. The van der Waals surface area contributed by atoms with E-state index >= 15 is 0 Å². The highest BCUT2D eigenvalue weighted by atomic mass is 35.5. The minimum absolute atomic E-state index is 0. The van der Waals surface area contributed by atoms with Crippen LogP contribution in [0, 0.1) is 17.8 Å². The molecular weight excluding hydrogens is 346 g/mol. The van der Waals surface area contributed by atoms with Gasteiger partial charge in [-0.3, -0.25) is 19.3 Å². The molecule has 0 aromatic rings. The molecule has 3 amide bonds. The third kappa shape index (κ3) is 2.35. The van der Waals surface area contributed by atoms with Crippen LogP contribution in [0.4, 0.5) is 0 Å². The number of hydrogen-bond acceptors (Lipinski definition) is 5. The van der Waals surface area contributed by atoms with Crippen LogP contribution in [-0.2, 0) is 19.1 Å². The van der Waals surface area contributed by atoms with Gasteiger partial charge in [-0.05, 0) is 38.0 Å². The standard InChI is InChI=1S/C17H23N3O4.ClH/c18-9-5-8-1-2-10(9)19(6-8)13(21)7-20-16(22)14-11-3-4-12(24-11)15(14)17(20)23;/h8-12,14-15H,1-7,18H2;1H. The summed E-state index contributed by atoms with van der Waals surface area (Å²) in [4.78, 5) is 41.1. The highest BCUT2D eigenvalue weighted by molar-refractivity contribution is 6.08. The molecule has 0 spiro atoms. The molecule has 25 heavy (non-hydrogen) atoms. The van der Waals surface area contributed by atoms with Crippen LogP contribution in [0.1, 0.15) is 32.1 Å². The van der Waals surface area contributed by atoms with E-state index in [-0.39, 0.29) is 72.8 Å². The maximum absolute atomic E-state index is 12.8. The maximum atomic E-state index is 12.8. The van der Waals surface area contributed by atoms with Crippen molar-refractivity contribution in [1.29, 1.82) is 0 Å². The predicted molar refractivity (Wildman–Crippen MR) is 89.7 cm³/mol. The number of hydrogen-bond donors (Lipinski definition) is 1. The average Bonchev–Trinajstić information content (AvgIpc) is 3.25. The molecule has 138 valence electrons. The molecule has 0 aromatic heterocycles. The van der Waals surface area contributed by atoms with Crippen molar-refractivity contribution in [3.05, 3.63) is 0 Å². The largest absolute Gasteiger partial charge is 0.373 e. The number of amides is 3. The van der Waals surface area contributed by atoms with E-state index in [1.807, 2.05) is 4.90 Å². The second-order valence-electron chi connectivity index (χ2n) is 8.06. The Labute approximate surface area is 152 Å². The molecule has 7 atom stereocenters. The van der Waals surface area contributed by atoms with Crippen molar-refractivity contribution >= 4 is 30.1 Å². The fourth-order valence-corrected chi connectivity index (χ4v) is 5.69. The molecule has 6 fully saturated rings. The molecule has 8 heteroatoms. The van der Waals surface area contributed by atoms with Gasteiger partial charge in [-0.25, -0.2) is 0 Å². The van der Waals surface area contributed by atoms with Gasteiger partial charge in [-0.2, -0.15) is 0 Å². The van der Waals surface area contributed by atoms with Crippen LogP contribution in [0.15, 0.2) is 0 Å². The summed E-state index contributed by atoms with van der Waals surface area (Å²) in [5.74, 6) is -0.806. The molecule has 1 aliphatic carbocycles. The Morgan fingerprint density at radius 3 is 2.28 bits per heavy atom. The van der Waals surface area contributed by atoms with Gasteiger partial charge >= 0.3 is 0 Å². The smallest absolute Gasteiger partial charge is 0.243 e. The third-order valence-electron chi connectivity index (χ3n) is 6.81. The second-order valence-corrected chi connectivity index (χ2v) is 8.06. The fourth-order valence-electron chi connectivity index (χ4n) is 5.69. The summed E-state index contributed by atoms with van der Waals surface area (Å²) in [6.07, 6.45) is 4.46. The Morgan fingerprint density at radius 1 is 1.08 bits per heavy atom. The summed E-state index contributed by atoms with van der Waals surface area (Å²) in [7, 11) is 0. The molecule has 4 bridgehead atoms. The number of ether oxygens (including phenoxy) is 1. The number of nitrogens with two attached hydrogens (primary N) is 1. The van der Waals surface area contributed by atoms with Crippen molar-refractivity contribution in [2.24, 2.45) is 23.5 Å². The van der Waals surface area contributed by atoms with Gasteiger partial charge in [0.1, 0.15) is 6.54 Å². The molecule has 7 nitrogen and oxygen atoms in total. The monoisotopic (exact) mass is 369 g/mol. The molecule has 5 aliphatic heterocycles. The molecular formula is C17H24ClN3O4. The van der Waals surface area contributed by atoms with E-state index in [0.717, 1.165) is 32.1 Å². The van der Waals surface area contributed by atoms with Crippen molar-refractivity contribution in [2.45, 2.75) is 56.4 Å². The second kappa shape index (κ2) is 5.93. The lowest BCUT2D eigenvalue weighted by molar-refractivity contribution is -0.151. The zero-order chi connectivity index (χ0) is 16.6. The van der Waals surface area contributed by atoms with Gasteiger partial charge in [0.05, 0.1) is 24.0 Å².